The van der Waals surface area contributed by atoms with Crippen molar-refractivity contribution in [2.45, 2.75) is 58.3 Å². The molecule has 110 valence electrons. The molecule has 0 aromatic carbocycles. The summed E-state index contributed by atoms with van der Waals surface area (Å²) in [6.45, 7) is 3.75. The van der Waals surface area contributed by atoms with Crippen molar-refractivity contribution in [3.8, 4) is 0 Å². The number of rotatable bonds is 4. The van der Waals surface area contributed by atoms with E-state index in [0.717, 1.165) is 44.1 Å². The van der Waals surface area contributed by atoms with E-state index in [-0.39, 0.29) is 5.41 Å². The fourth-order valence-electron chi connectivity index (χ4n) is 3.89. The van der Waals surface area contributed by atoms with E-state index in [0.29, 0.717) is 12.5 Å². The molecule has 0 aliphatic heterocycles. The van der Waals surface area contributed by atoms with Crippen molar-refractivity contribution in [2.75, 3.05) is 20.1 Å². The van der Waals surface area contributed by atoms with Crippen LogP contribution in [0.1, 0.15) is 58.3 Å². The lowest BCUT2D eigenvalue weighted by Gasteiger charge is -2.40. The van der Waals surface area contributed by atoms with Gasteiger partial charge in [-0.3, -0.25) is 4.79 Å². The molecule has 0 aromatic heterocycles. The van der Waals surface area contributed by atoms with Crippen molar-refractivity contribution in [3.05, 3.63) is 0 Å². The standard InChI is InChI=1S/C16H30N2O/c1-13-7-9-16(12-17,10-8-13)15(19)18(2)11-14-5-3-4-6-14/h13-14H,3-12,17H2,1-2H3. The van der Waals surface area contributed by atoms with Gasteiger partial charge in [0, 0.05) is 20.1 Å². The van der Waals surface area contributed by atoms with E-state index in [1.54, 1.807) is 0 Å². The average molecular weight is 266 g/mol. The van der Waals surface area contributed by atoms with E-state index in [9.17, 15) is 4.79 Å². The molecule has 0 unspecified atom stereocenters. The Hall–Kier alpha value is -0.570. The lowest BCUT2D eigenvalue weighted by atomic mass is 9.70. The summed E-state index contributed by atoms with van der Waals surface area (Å²) in [7, 11) is 1.98. The molecule has 2 saturated carbocycles. The van der Waals surface area contributed by atoms with Crippen LogP contribution in [0.5, 0.6) is 0 Å². The molecule has 2 aliphatic carbocycles. The molecule has 3 heteroatoms. The normalized spacial score (nSPS) is 32.5. The maximum absolute atomic E-state index is 12.8. The van der Waals surface area contributed by atoms with Gasteiger partial charge in [-0.05, 0) is 50.4 Å². The number of carbonyl (C=O) groups is 1. The Kier molecular flexibility index (Phi) is 4.88. The Morgan fingerprint density at radius 1 is 1.21 bits per heavy atom. The predicted molar refractivity (Wildman–Crippen MR) is 78.7 cm³/mol. The third-order valence-corrected chi connectivity index (χ3v) is 5.43. The highest BCUT2D eigenvalue weighted by Crippen LogP contribution is 2.39. The first-order valence-corrected chi connectivity index (χ1v) is 8.03. The molecule has 3 nitrogen and oxygen atoms in total. The first-order chi connectivity index (χ1) is 9.07. The summed E-state index contributed by atoms with van der Waals surface area (Å²) < 4.78 is 0. The molecule has 2 N–H and O–H groups in total. The summed E-state index contributed by atoms with van der Waals surface area (Å²) in [6, 6.07) is 0. The van der Waals surface area contributed by atoms with Crippen molar-refractivity contribution in [1.29, 1.82) is 0 Å². The fraction of sp³-hybridized carbons (Fsp3) is 0.938. The summed E-state index contributed by atoms with van der Waals surface area (Å²) in [5.74, 6) is 1.80. The highest BCUT2D eigenvalue weighted by atomic mass is 16.2. The summed E-state index contributed by atoms with van der Waals surface area (Å²) in [5, 5.41) is 0. The van der Waals surface area contributed by atoms with Gasteiger partial charge in [-0.25, -0.2) is 0 Å². The van der Waals surface area contributed by atoms with E-state index >= 15 is 0 Å². The third-order valence-electron chi connectivity index (χ3n) is 5.43. The zero-order valence-electron chi connectivity index (χ0n) is 12.7. The van der Waals surface area contributed by atoms with Crippen molar-refractivity contribution in [1.82, 2.24) is 4.90 Å². The minimum atomic E-state index is -0.250. The molecule has 2 rings (SSSR count). The molecule has 0 aromatic rings. The molecule has 19 heavy (non-hydrogen) atoms. The van der Waals surface area contributed by atoms with Crippen LogP contribution >= 0.6 is 0 Å². The van der Waals surface area contributed by atoms with E-state index in [4.69, 9.17) is 5.73 Å². The van der Waals surface area contributed by atoms with Gasteiger partial charge in [0.2, 0.25) is 5.91 Å². The average Bonchev–Trinajstić information content (AvgIpc) is 2.92. The van der Waals surface area contributed by atoms with Crippen LogP contribution in [0.3, 0.4) is 0 Å². The SMILES string of the molecule is CC1CCC(CN)(C(=O)N(C)CC2CCCC2)CC1. The Bertz CT molecular complexity index is 302. The second-order valence-electron chi connectivity index (χ2n) is 7.00. The highest BCUT2D eigenvalue weighted by molar-refractivity contribution is 5.83. The minimum Gasteiger partial charge on any atom is -0.345 e. The molecular weight excluding hydrogens is 236 g/mol. The molecule has 0 spiro atoms. The number of nitrogens with zero attached hydrogens (tertiary/aromatic N) is 1. The molecule has 1 amide bonds. The van der Waals surface area contributed by atoms with Crippen LogP contribution in [0.25, 0.3) is 0 Å². The largest absolute Gasteiger partial charge is 0.345 e. The van der Waals surface area contributed by atoms with Gasteiger partial charge in [0.25, 0.3) is 0 Å². The lowest BCUT2D eigenvalue weighted by Crippen LogP contribution is -2.49. The van der Waals surface area contributed by atoms with Crippen LogP contribution in [0, 0.1) is 17.3 Å². The minimum absolute atomic E-state index is 0.250. The van der Waals surface area contributed by atoms with Gasteiger partial charge in [-0.1, -0.05) is 19.8 Å². The van der Waals surface area contributed by atoms with Crippen LogP contribution in [0.2, 0.25) is 0 Å². The predicted octanol–water partition coefficient (Wildman–Crippen LogP) is 2.79. The van der Waals surface area contributed by atoms with Gasteiger partial charge in [0.15, 0.2) is 0 Å². The Morgan fingerprint density at radius 3 is 2.32 bits per heavy atom. The number of carbonyl (C=O) groups excluding carboxylic acids is 1. The van der Waals surface area contributed by atoms with Crippen LogP contribution in [-0.2, 0) is 4.79 Å². The number of hydrogen-bond acceptors (Lipinski definition) is 2. The van der Waals surface area contributed by atoms with Gasteiger partial charge in [0.1, 0.15) is 0 Å². The molecule has 0 atom stereocenters. The maximum atomic E-state index is 12.8. The first-order valence-electron chi connectivity index (χ1n) is 8.03. The molecule has 0 radical (unpaired) electrons. The molecule has 2 aliphatic rings. The number of hydrogen-bond donors (Lipinski definition) is 1. The lowest BCUT2D eigenvalue weighted by molar-refractivity contribution is -0.143. The number of nitrogens with two attached hydrogens (primary N) is 1. The Morgan fingerprint density at radius 2 is 1.79 bits per heavy atom. The second kappa shape index (κ2) is 6.25. The summed E-state index contributed by atoms with van der Waals surface area (Å²) >= 11 is 0. The Balaban J connectivity index is 1.95. The van der Waals surface area contributed by atoms with Crippen molar-refractivity contribution < 1.29 is 4.79 Å². The van der Waals surface area contributed by atoms with Gasteiger partial charge in [0.05, 0.1) is 5.41 Å². The van der Waals surface area contributed by atoms with Crippen LogP contribution in [0.4, 0.5) is 0 Å². The monoisotopic (exact) mass is 266 g/mol. The molecule has 0 bridgehead atoms. The molecule has 0 saturated heterocycles. The van der Waals surface area contributed by atoms with Crippen LogP contribution < -0.4 is 5.73 Å². The van der Waals surface area contributed by atoms with Gasteiger partial charge < -0.3 is 10.6 Å². The molecular formula is C16H30N2O. The smallest absolute Gasteiger partial charge is 0.229 e. The zero-order chi connectivity index (χ0) is 13.9. The van der Waals surface area contributed by atoms with Crippen LogP contribution in [0.15, 0.2) is 0 Å². The topological polar surface area (TPSA) is 46.3 Å². The van der Waals surface area contributed by atoms with E-state index in [2.05, 4.69) is 6.92 Å². The maximum Gasteiger partial charge on any atom is 0.229 e. The quantitative estimate of drug-likeness (QED) is 0.850. The summed E-state index contributed by atoms with van der Waals surface area (Å²) in [6.07, 6.45) is 9.55. The third kappa shape index (κ3) is 3.31. The van der Waals surface area contributed by atoms with Gasteiger partial charge in [-0.2, -0.15) is 0 Å². The van der Waals surface area contributed by atoms with E-state index < -0.39 is 0 Å². The van der Waals surface area contributed by atoms with E-state index in [1.165, 1.54) is 25.7 Å². The van der Waals surface area contributed by atoms with E-state index in [1.807, 2.05) is 11.9 Å². The van der Waals surface area contributed by atoms with Crippen LogP contribution in [-0.4, -0.2) is 30.9 Å². The first kappa shape index (κ1) is 14.8. The number of amides is 1. The highest BCUT2D eigenvalue weighted by Gasteiger charge is 2.41. The zero-order valence-corrected chi connectivity index (χ0v) is 12.7. The van der Waals surface area contributed by atoms with Crippen molar-refractivity contribution in [2.24, 2.45) is 23.0 Å². The van der Waals surface area contributed by atoms with Gasteiger partial charge in [-0.15, -0.1) is 0 Å². The fourth-order valence-corrected chi connectivity index (χ4v) is 3.89. The second-order valence-corrected chi connectivity index (χ2v) is 7.00. The summed E-state index contributed by atoms with van der Waals surface area (Å²) in [4.78, 5) is 14.8. The summed E-state index contributed by atoms with van der Waals surface area (Å²) in [5.41, 5.74) is 5.73. The molecule has 0 heterocycles. The van der Waals surface area contributed by atoms with Gasteiger partial charge >= 0.3 is 0 Å². The Labute approximate surface area is 117 Å². The van der Waals surface area contributed by atoms with Crippen molar-refractivity contribution >= 4 is 5.91 Å². The molecule has 2 fully saturated rings. The van der Waals surface area contributed by atoms with Crippen molar-refractivity contribution in [3.63, 3.8) is 0 Å².